The Morgan fingerprint density at radius 3 is 2.59 bits per heavy atom. The standard InChI is InChI=1S/C22H26BrN5O3S/c1-4-20-26-27-22(32)28(20)24-12-15-10-18(30-5-2)19(11-17(15)23)31-13-21(29)25-16-8-6-14(3)7-9-16/h6-11,24H,4-5,12-13H2,1-3H3,(H,25,29)(H,27,32). The summed E-state index contributed by atoms with van der Waals surface area (Å²) in [4.78, 5) is 12.3. The molecular weight excluding hydrogens is 494 g/mol. The number of benzene rings is 2. The first-order valence-corrected chi connectivity index (χ1v) is 11.5. The van der Waals surface area contributed by atoms with Crippen LogP contribution in [-0.2, 0) is 17.8 Å². The molecule has 0 bridgehead atoms. The third kappa shape index (κ3) is 6.10. The molecule has 8 nitrogen and oxygen atoms in total. The first kappa shape index (κ1) is 23.8. The lowest BCUT2D eigenvalue weighted by atomic mass is 10.2. The normalized spacial score (nSPS) is 10.6. The molecule has 0 aliphatic heterocycles. The summed E-state index contributed by atoms with van der Waals surface area (Å²) in [6.07, 6.45) is 0.739. The molecule has 1 amide bonds. The van der Waals surface area contributed by atoms with Gasteiger partial charge in [-0.1, -0.05) is 40.5 Å². The van der Waals surface area contributed by atoms with E-state index in [-0.39, 0.29) is 12.5 Å². The summed E-state index contributed by atoms with van der Waals surface area (Å²) in [5.74, 6) is 1.60. The molecule has 0 aliphatic carbocycles. The highest BCUT2D eigenvalue weighted by atomic mass is 79.9. The SMILES string of the molecule is CCOc1cc(CNn2c(CC)n[nH]c2=S)c(Br)cc1OCC(=O)Nc1ccc(C)cc1. The molecule has 0 spiro atoms. The molecule has 3 aromatic rings. The summed E-state index contributed by atoms with van der Waals surface area (Å²) in [6.45, 7) is 6.71. The van der Waals surface area contributed by atoms with Crippen molar-refractivity contribution in [2.24, 2.45) is 0 Å². The number of aromatic amines is 1. The number of hydrogen-bond donors (Lipinski definition) is 3. The lowest BCUT2D eigenvalue weighted by Crippen LogP contribution is -2.20. The molecule has 3 rings (SSSR count). The molecule has 0 aliphatic rings. The number of aromatic nitrogens is 3. The van der Waals surface area contributed by atoms with Crippen LogP contribution in [0.1, 0.15) is 30.8 Å². The van der Waals surface area contributed by atoms with Crippen molar-refractivity contribution < 1.29 is 14.3 Å². The summed E-state index contributed by atoms with van der Waals surface area (Å²) in [7, 11) is 0. The van der Waals surface area contributed by atoms with Crippen molar-refractivity contribution in [3.05, 3.63) is 62.6 Å². The smallest absolute Gasteiger partial charge is 0.262 e. The highest BCUT2D eigenvalue weighted by Crippen LogP contribution is 2.34. The lowest BCUT2D eigenvalue weighted by molar-refractivity contribution is -0.118. The highest BCUT2D eigenvalue weighted by molar-refractivity contribution is 9.10. The van der Waals surface area contributed by atoms with Gasteiger partial charge in [0.2, 0.25) is 4.77 Å². The van der Waals surface area contributed by atoms with E-state index in [9.17, 15) is 4.79 Å². The molecule has 0 saturated heterocycles. The molecule has 1 aromatic heterocycles. The number of carbonyl (C=O) groups is 1. The Labute approximate surface area is 200 Å². The predicted molar refractivity (Wildman–Crippen MR) is 130 cm³/mol. The van der Waals surface area contributed by atoms with Crippen LogP contribution in [0.5, 0.6) is 11.5 Å². The molecule has 32 heavy (non-hydrogen) atoms. The number of aryl methyl sites for hydroxylation is 2. The number of amides is 1. The fourth-order valence-corrected chi connectivity index (χ4v) is 3.64. The van der Waals surface area contributed by atoms with Crippen LogP contribution in [0.3, 0.4) is 0 Å². The summed E-state index contributed by atoms with van der Waals surface area (Å²) >= 11 is 8.86. The Hall–Kier alpha value is -2.85. The average Bonchev–Trinajstić information content (AvgIpc) is 3.14. The third-order valence-electron chi connectivity index (χ3n) is 4.59. The van der Waals surface area contributed by atoms with Gasteiger partial charge in [-0.3, -0.25) is 9.89 Å². The van der Waals surface area contributed by atoms with Crippen LogP contribution in [0.25, 0.3) is 0 Å². The Morgan fingerprint density at radius 2 is 1.91 bits per heavy atom. The minimum Gasteiger partial charge on any atom is -0.490 e. The summed E-state index contributed by atoms with van der Waals surface area (Å²) in [6, 6.07) is 11.3. The number of ether oxygens (including phenoxy) is 2. The van der Waals surface area contributed by atoms with Gasteiger partial charge in [0.05, 0.1) is 13.2 Å². The van der Waals surface area contributed by atoms with Crippen LogP contribution in [0.2, 0.25) is 0 Å². The molecular formula is C22H26BrN5O3S. The maximum atomic E-state index is 12.3. The number of halogens is 1. The third-order valence-corrected chi connectivity index (χ3v) is 5.60. The second kappa shape index (κ2) is 11.1. The van der Waals surface area contributed by atoms with Crippen LogP contribution in [0, 0.1) is 11.7 Å². The van der Waals surface area contributed by atoms with Gasteiger partial charge in [0, 0.05) is 16.6 Å². The summed E-state index contributed by atoms with van der Waals surface area (Å²) in [5, 5.41) is 9.80. The monoisotopic (exact) mass is 519 g/mol. The topological polar surface area (TPSA) is 93.2 Å². The van der Waals surface area contributed by atoms with Crippen LogP contribution < -0.4 is 20.2 Å². The van der Waals surface area contributed by atoms with E-state index in [0.717, 1.165) is 33.5 Å². The van der Waals surface area contributed by atoms with Crippen LogP contribution in [0.15, 0.2) is 40.9 Å². The maximum Gasteiger partial charge on any atom is 0.262 e. The molecule has 0 fully saturated rings. The van der Waals surface area contributed by atoms with Gasteiger partial charge in [0.1, 0.15) is 0 Å². The Morgan fingerprint density at radius 1 is 1.19 bits per heavy atom. The number of H-pyrrole nitrogens is 1. The molecule has 170 valence electrons. The van der Waals surface area contributed by atoms with E-state index in [4.69, 9.17) is 21.7 Å². The zero-order valence-electron chi connectivity index (χ0n) is 18.2. The lowest BCUT2D eigenvalue weighted by Gasteiger charge is -2.16. The second-order valence-corrected chi connectivity index (χ2v) is 8.24. The van der Waals surface area contributed by atoms with Crippen molar-refractivity contribution in [3.63, 3.8) is 0 Å². The Balaban J connectivity index is 1.69. The first-order valence-electron chi connectivity index (χ1n) is 10.3. The molecule has 0 unspecified atom stereocenters. The number of carbonyl (C=O) groups excluding carboxylic acids is 1. The van der Waals surface area contributed by atoms with Gasteiger partial charge < -0.3 is 20.2 Å². The van der Waals surface area contributed by atoms with Gasteiger partial charge in [-0.15, -0.1) is 0 Å². The maximum absolute atomic E-state index is 12.3. The van der Waals surface area contributed by atoms with Gasteiger partial charge in [-0.05, 0) is 55.9 Å². The van der Waals surface area contributed by atoms with Crippen molar-refractivity contribution in [3.8, 4) is 11.5 Å². The molecule has 2 aromatic carbocycles. The average molecular weight is 520 g/mol. The first-order chi connectivity index (χ1) is 15.4. The number of nitrogens with one attached hydrogen (secondary N) is 3. The Kier molecular flexibility index (Phi) is 8.29. The molecule has 10 heteroatoms. The van der Waals surface area contributed by atoms with E-state index >= 15 is 0 Å². The highest BCUT2D eigenvalue weighted by Gasteiger charge is 2.14. The van der Waals surface area contributed by atoms with Crippen molar-refractivity contribution in [2.45, 2.75) is 33.7 Å². The fourth-order valence-electron chi connectivity index (χ4n) is 2.97. The van der Waals surface area contributed by atoms with Crippen molar-refractivity contribution in [1.82, 2.24) is 14.9 Å². The van der Waals surface area contributed by atoms with Gasteiger partial charge in [-0.25, -0.2) is 4.68 Å². The van der Waals surface area contributed by atoms with E-state index in [0.29, 0.717) is 29.4 Å². The Bertz CT molecular complexity index is 1130. The van der Waals surface area contributed by atoms with E-state index in [1.54, 1.807) is 10.7 Å². The zero-order valence-corrected chi connectivity index (χ0v) is 20.6. The minimum atomic E-state index is -0.250. The number of nitrogens with zero attached hydrogens (tertiary/aromatic N) is 2. The quantitative estimate of drug-likeness (QED) is 0.335. The molecule has 3 N–H and O–H groups in total. The van der Waals surface area contributed by atoms with Crippen molar-refractivity contribution in [1.29, 1.82) is 0 Å². The van der Waals surface area contributed by atoms with Gasteiger partial charge in [0.25, 0.3) is 5.91 Å². The molecule has 0 saturated carbocycles. The van der Waals surface area contributed by atoms with Crippen LogP contribution >= 0.6 is 28.1 Å². The largest absolute Gasteiger partial charge is 0.490 e. The molecule has 1 heterocycles. The molecule has 0 radical (unpaired) electrons. The van der Waals surface area contributed by atoms with Crippen molar-refractivity contribution in [2.75, 3.05) is 24.0 Å². The summed E-state index contributed by atoms with van der Waals surface area (Å²) in [5.41, 5.74) is 6.06. The van der Waals surface area contributed by atoms with E-state index in [1.807, 2.05) is 51.1 Å². The van der Waals surface area contributed by atoms with E-state index in [2.05, 4.69) is 36.9 Å². The van der Waals surface area contributed by atoms with Crippen LogP contribution in [0.4, 0.5) is 5.69 Å². The van der Waals surface area contributed by atoms with Gasteiger partial charge in [0.15, 0.2) is 23.9 Å². The van der Waals surface area contributed by atoms with E-state index in [1.165, 1.54) is 0 Å². The van der Waals surface area contributed by atoms with Crippen molar-refractivity contribution >= 4 is 39.7 Å². The molecule has 0 atom stereocenters. The predicted octanol–water partition coefficient (Wildman–Crippen LogP) is 4.73. The fraction of sp³-hybridized carbons (Fsp3) is 0.318. The van der Waals surface area contributed by atoms with E-state index < -0.39 is 0 Å². The minimum absolute atomic E-state index is 0.137. The summed E-state index contributed by atoms with van der Waals surface area (Å²) < 4.78 is 14.6. The van der Waals surface area contributed by atoms with Gasteiger partial charge >= 0.3 is 0 Å². The zero-order chi connectivity index (χ0) is 23.1. The number of anilines is 1. The number of rotatable bonds is 10. The second-order valence-electron chi connectivity index (χ2n) is 7.00. The van der Waals surface area contributed by atoms with Crippen LogP contribution in [-0.4, -0.2) is 34.0 Å². The number of hydrogen-bond acceptors (Lipinski definition) is 6. The van der Waals surface area contributed by atoms with Gasteiger partial charge in [-0.2, -0.15) is 5.10 Å².